The summed E-state index contributed by atoms with van der Waals surface area (Å²) >= 11 is 0. The Morgan fingerprint density at radius 1 is 1.20 bits per heavy atom. The van der Waals surface area contributed by atoms with Crippen molar-refractivity contribution in [3.63, 3.8) is 0 Å². The smallest absolute Gasteiger partial charge is 0.335 e. The number of methoxy groups -OCH3 is 1. The maximum absolute atomic E-state index is 11.5. The second-order valence-electron chi connectivity index (χ2n) is 6.79. The fraction of sp³-hybridized carbons (Fsp3) is 0.381. The number of ether oxygens (including phenoxy) is 1. The zero-order chi connectivity index (χ0) is 18.0. The number of aromatic carboxylic acids is 1. The summed E-state index contributed by atoms with van der Waals surface area (Å²) in [7, 11) is 1.70. The van der Waals surface area contributed by atoms with Gasteiger partial charge >= 0.3 is 5.97 Å². The molecule has 0 aliphatic carbocycles. The Morgan fingerprint density at radius 3 is 2.68 bits per heavy atom. The average molecular weight is 339 g/mol. The van der Waals surface area contributed by atoms with Crippen molar-refractivity contribution < 1.29 is 14.6 Å². The summed E-state index contributed by atoms with van der Waals surface area (Å²) in [6, 6.07) is 11.6. The van der Waals surface area contributed by atoms with Gasteiger partial charge in [-0.05, 0) is 67.1 Å². The fourth-order valence-corrected chi connectivity index (χ4v) is 3.76. The molecule has 1 heterocycles. The summed E-state index contributed by atoms with van der Waals surface area (Å²) in [6.07, 6.45) is 0.998. The lowest BCUT2D eigenvalue weighted by Crippen LogP contribution is -2.21. The molecule has 2 aromatic carbocycles. The Labute approximate surface area is 149 Å². The lowest BCUT2D eigenvalue weighted by atomic mass is 9.93. The minimum Gasteiger partial charge on any atom is -0.496 e. The Balaban J connectivity index is 1.74. The molecule has 1 atom stereocenters. The maximum Gasteiger partial charge on any atom is 0.335 e. The van der Waals surface area contributed by atoms with Gasteiger partial charge in [0.1, 0.15) is 5.75 Å². The fourth-order valence-electron chi connectivity index (χ4n) is 3.76. The first-order chi connectivity index (χ1) is 12.0. The van der Waals surface area contributed by atoms with Crippen molar-refractivity contribution >= 4 is 5.97 Å². The van der Waals surface area contributed by atoms with Gasteiger partial charge in [-0.15, -0.1) is 0 Å². The van der Waals surface area contributed by atoms with Crippen molar-refractivity contribution in [1.29, 1.82) is 0 Å². The molecule has 0 amide bonds. The molecule has 0 bridgehead atoms. The summed E-state index contributed by atoms with van der Waals surface area (Å²) in [4.78, 5) is 13.9. The van der Waals surface area contributed by atoms with Crippen LogP contribution in [0.25, 0.3) is 0 Å². The third-order valence-corrected chi connectivity index (χ3v) is 5.37. The molecule has 1 fully saturated rings. The van der Waals surface area contributed by atoms with Gasteiger partial charge in [0.25, 0.3) is 0 Å². The molecule has 3 rings (SSSR count). The SMILES string of the molecule is COc1ccc(CN2CC[C@H](c3ccccc3C(=O)O)C2)c(C)c1C. The van der Waals surface area contributed by atoms with Crippen LogP contribution < -0.4 is 4.74 Å². The lowest BCUT2D eigenvalue weighted by Gasteiger charge is -2.20. The third-order valence-electron chi connectivity index (χ3n) is 5.37. The largest absolute Gasteiger partial charge is 0.496 e. The molecule has 1 N–H and O–H groups in total. The molecule has 0 radical (unpaired) electrons. The van der Waals surface area contributed by atoms with Crippen molar-refractivity contribution in [2.45, 2.75) is 32.7 Å². The van der Waals surface area contributed by atoms with Crippen LogP contribution >= 0.6 is 0 Å². The Morgan fingerprint density at radius 2 is 1.96 bits per heavy atom. The Hall–Kier alpha value is -2.33. The first-order valence-electron chi connectivity index (χ1n) is 8.69. The van der Waals surface area contributed by atoms with Gasteiger partial charge in [-0.25, -0.2) is 4.79 Å². The molecular formula is C21H25NO3. The van der Waals surface area contributed by atoms with Crippen LogP contribution in [0.3, 0.4) is 0 Å². The monoisotopic (exact) mass is 339 g/mol. The highest BCUT2D eigenvalue weighted by molar-refractivity contribution is 5.89. The topological polar surface area (TPSA) is 49.8 Å². The van der Waals surface area contributed by atoms with E-state index in [-0.39, 0.29) is 5.92 Å². The van der Waals surface area contributed by atoms with Crippen molar-refractivity contribution in [2.24, 2.45) is 0 Å². The standard InChI is InChI=1S/C21H25NO3/c1-14-15(2)20(25-3)9-8-16(14)12-22-11-10-17(13-22)18-6-4-5-7-19(18)21(23)24/h4-9,17H,10-13H2,1-3H3,(H,23,24)/t17-/m0/s1. The van der Waals surface area contributed by atoms with E-state index in [1.54, 1.807) is 19.2 Å². The van der Waals surface area contributed by atoms with Gasteiger partial charge in [-0.2, -0.15) is 0 Å². The highest BCUT2D eigenvalue weighted by atomic mass is 16.5. The number of rotatable bonds is 5. The lowest BCUT2D eigenvalue weighted by molar-refractivity contribution is 0.0695. The minimum absolute atomic E-state index is 0.284. The number of carboxylic acids is 1. The van der Waals surface area contributed by atoms with Crippen LogP contribution in [0, 0.1) is 13.8 Å². The molecule has 132 valence electrons. The third kappa shape index (κ3) is 3.54. The van der Waals surface area contributed by atoms with Gasteiger partial charge in [-0.3, -0.25) is 4.90 Å². The predicted octanol–water partition coefficient (Wildman–Crippen LogP) is 4.00. The summed E-state index contributed by atoms with van der Waals surface area (Å²) in [5.41, 5.74) is 5.16. The van der Waals surface area contributed by atoms with E-state index < -0.39 is 5.97 Å². The van der Waals surface area contributed by atoms with E-state index in [9.17, 15) is 9.90 Å². The van der Waals surface area contributed by atoms with E-state index in [2.05, 4.69) is 24.8 Å². The van der Waals surface area contributed by atoms with E-state index >= 15 is 0 Å². The van der Waals surface area contributed by atoms with E-state index in [4.69, 9.17) is 4.74 Å². The molecule has 2 aromatic rings. The predicted molar refractivity (Wildman–Crippen MR) is 98.5 cm³/mol. The van der Waals surface area contributed by atoms with Crippen LogP contribution in [-0.4, -0.2) is 36.2 Å². The summed E-state index contributed by atoms with van der Waals surface area (Å²) in [6.45, 7) is 7.01. The van der Waals surface area contributed by atoms with Gasteiger partial charge in [0.05, 0.1) is 12.7 Å². The number of likely N-dealkylation sites (tertiary alicyclic amines) is 1. The van der Waals surface area contributed by atoms with Crippen LogP contribution in [-0.2, 0) is 6.54 Å². The Bertz CT molecular complexity index is 785. The molecule has 4 heteroatoms. The number of carboxylic acid groups (broad SMARTS) is 1. The van der Waals surface area contributed by atoms with Crippen LogP contribution in [0.15, 0.2) is 36.4 Å². The molecule has 0 saturated carbocycles. The maximum atomic E-state index is 11.5. The summed E-state index contributed by atoms with van der Waals surface area (Å²) < 4.78 is 5.39. The minimum atomic E-state index is -0.837. The first kappa shape index (κ1) is 17.5. The molecule has 25 heavy (non-hydrogen) atoms. The average Bonchev–Trinajstić information content (AvgIpc) is 3.07. The van der Waals surface area contributed by atoms with Crippen molar-refractivity contribution in [3.8, 4) is 5.75 Å². The van der Waals surface area contributed by atoms with Crippen LogP contribution in [0.2, 0.25) is 0 Å². The number of hydrogen-bond acceptors (Lipinski definition) is 3. The highest BCUT2D eigenvalue weighted by Crippen LogP contribution is 2.32. The van der Waals surface area contributed by atoms with E-state index in [1.807, 2.05) is 18.2 Å². The highest BCUT2D eigenvalue weighted by Gasteiger charge is 2.27. The Kier molecular flexibility index (Phi) is 5.09. The van der Waals surface area contributed by atoms with Crippen LogP contribution in [0.4, 0.5) is 0 Å². The van der Waals surface area contributed by atoms with Gasteiger partial charge < -0.3 is 9.84 Å². The normalized spacial score (nSPS) is 17.6. The molecule has 4 nitrogen and oxygen atoms in total. The number of nitrogens with zero attached hydrogens (tertiary/aromatic N) is 1. The molecule has 0 aromatic heterocycles. The van der Waals surface area contributed by atoms with Gasteiger partial charge in [-0.1, -0.05) is 24.3 Å². The number of hydrogen-bond donors (Lipinski definition) is 1. The molecule has 0 spiro atoms. The van der Waals surface area contributed by atoms with Crippen LogP contribution in [0.5, 0.6) is 5.75 Å². The number of benzene rings is 2. The first-order valence-corrected chi connectivity index (χ1v) is 8.69. The molecule has 1 saturated heterocycles. The molecule has 1 aliphatic rings. The second-order valence-corrected chi connectivity index (χ2v) is 6.79. The van der Waals surface area contributed by atoms with Gasteiger partial charge in [0.15, 0.2) is 0 Å². The molecule has 1 aliphatic heterocycles. The van der Waals surface area contributed by atoms with E-state index in [1.165, 1.54) is 16.7 Å². The van der Waals surface area contributed by atoms with Crippen LogP contribution in [0.1, 0.15) is 45.0 Å². The van der Waals surface area contributed by atoms with Crippen molar-refractivity contribution in [1.82, 2.24) is 4.90 Å². The zero-order valence-electron chi connectivity index (χ0n) is 15.1. The van der Waals surface area contributed by atoms with Gasteiger partial charge in [0, 0.05) is 13.1 Å². The molecular weight excluding hydrogens is 314 g/mol. The number of carbonyl (C=O) groups is 1. The van der Waals surface area contributed by atoms with Crippen molar-refractivity contribution in [3.05, 3.63) is 64.2 Å². The summed E-state index contributed by atoms with van der Waals surface area (Å²) in [5, 5.41) is 9.42. The quantitative estimate of drug-likeness (QED) is 0.894. The molecule has 0 unspecified atom stereocenters. The van der Waals surface area contributed by atoms with E-state index in [0.29, 0.717) is 5.56 Å². The van der Waals surface area contributed by atoms with Gasteiger partial charge in [0.2, 0.25) is 0 Å². The summed E-state index contributed by atoms with van der Waals surface area (Å²) in [5.74, 6) is 0.374. The second kappa shape index (κ2) is 7.28. The van der Waals surface area contributed by atoms with E-state index in [0.717, 1.165) is 37.4 Å². The zero-order valence-corrected chi connectivity index (χ0v) is 15.1. The van der Waals surface area contributed by atoms with Crippen molar-refractivity contribution in [2.75, 3.05) is 20.2 Å².